The number of aromatic amines is 1. The predicted octanol–water partition coefficient (Wildman–Crippen LogP) is 3.26. The zero-order valence-corrected chi connectivity index (χ0v) is 16.7. The number of piperidine rings is 1. The van der Waals surface area contributed by atoms with E-state index >= 15 is 0 Å². The number of nitrogens with one attached hydrogen (secondary N) is 2. The second-order valence-corrected chi connectivity index (χ2v) is 7.46. The Morgan fingerprint density at radius 2 is 2.00 bits per heavy atom. The number of aromatic nitrogens is 2. The van der Waals surface area contributed by atoms with Crippen LogP contribution < -0.4 is 10.1 Å². The van der Waals surface area contributed by atoms with Crippen LogP contribution in [-0.4, -0.2) is 52.9 Å². The molecule has 8 heteroatoms. The van der Waals surface area contributed by atoms with E-state index in [1.54, 1.807) is 41.6 Å². The minimum Gasteiger partial charge on any atom is -0.496 e. The molecule has 0 bridgehead atoms. The third kappa shape index (κ3) is 4.05. The van der Waals surface area contributed by atoms with Crippen molar-refractivity contribution in [3.8, 4) is 5.75 Å². The molecule has 29 heavy (non-hydrogen) atoms. The summed E-state index contributed by atoms with van der Waals surface area (Å²) in [6.45, 7) is 1.11. The maximum Gasteiger partial charge on any atom is 0.257 e. The number of fused-ring (bicyclic) bond motifs is 1. The number of rotatable bonds is 4. The SMILES string of the molecule is COc1ccc(Cl)cc1C(=O)N1CCC(NC(=O)c2ccc3nc[nH]c3c2)CC1. The number of nitrogens with zero attached hydrogens (tertiary/aromatic N) is 2. The van der Waals surface area contributed by atoms with E-state index in [0.717, 1.165) is 11.0 Å². The third-order valence-corrected chi connectivity index (χ3v) is 5.43. The zero-order valence-electron chi connectivity index (χ0n) is 15.9. The van der Waals surface area contributed by atoms with Crippen molar-refractivity contribution in [1.29, 1.82) is 0 Å². The van der Waals surface area contributed by atoms with Crippen molar-refractivity contribution in [2.45, 2.75) is 18.9 Å². The van der Waals surface area contributed by atoms with E-state index in [1.165, 1.54) is 7.11 Å². The number of imidazole rings is 1. The minimum absolute atomic E-state index is 0.0188. The molecule has 0 atom stereocenters. The van der Waals surface area contributed by atoms with E-state index < -0.39 is 0 Å². The van der Waals surface area contributed by atoms with Gasteiger partial charge in [0.1, 0.15) is 5.75 Å². The summed E-state index contributed by atoms with van der Waals surface area (Å²) in [4.78, 5) is 34.4. The highest BCUT2D eigenvalue weighted by Crippen LogP contribution is 2.25. The fraction of sp³-hybridized carbons (Fsp3) is 0.286. The summed E-state index contributed by atoms with van der Waals surface area (Å²) >= 11 is 6.04. The second-order valence-electron chi connectivity index (χ2n) is 7.02. The number of halogens is 1. The first kappa shape index (κ1) is 19.3. The summed E-state index contributed by atoms with van der Waals surface area (Å²) in [5.41, 5.74) is 2.69. The van der Waals surface area contributed by atoms with Gasteiger partial charge in [-0.05, 0) is 49.2 Å². The van der Waals surface area contributed by atoms with Gasteiger partial charge in [-0.25, -0.2) is 4.98 Å². The standard InChI is InChI=1S/C21H21ClN4O3/c1-29-19-5-3-14(22)11-16(19)21(28)26-8-6-15(7-9-26)25-20(27)13-2-4-17-18(10-13)24-12-23-17/h2-5,10-12,15H,6-9H2,1H3,(H,23,24)(H,25,27). The molecule has 0 saturated carbocycles. The first-order valence-corrected chi connectivity index (χ1v) is 9.80. The number of hydrogen-bond acceptors (Lipinski definition) is 4. The lowest BCUT2D eigenvalue weighted by atomic mass is 10.0. The number of carbonyl (C=O) groups excluding carboxylic acids is 2. The predicted molar refractivity (Wildman–Crippen MR) is 110 cm³/mol. The van der Waals surface area contributed by atoms with Gasteiger partial charge in [0.25, 0.3) is 11.8 Å². The highest BCUT2D eigenvalue weighted by molar-refractivity contribution is 6.31. The van der Waals surface area contributed by atoms with Crippen LogP contribution in [0.4, 0.5) is 0 Å². The smallest absolute Gasteiger partial charge is 0.257 e. The normalized spacial score (nSPS) is 14.8. The van der Waals surface area contributed by atoms with Gasteiger partial charge in [0.05, 0.1) is 30.0 Å². The van der Waals surface area contributed by atoms with Crippen molar-refractivity contribution in [3.05, 3.63) is 58.9 Å². The molecule has 150 valence electrons. The van der Waals surface area contributed by atoms with Crippen LogP contribution in [0.15, 0.2) is 42.7 Å². The van der Waals surface area contributed by atoms with Crippen LogP contribution in [-0.2, 0) is 0 Å². The number of H-pyrrole nitrogens is 1. The molecule has 0 spiro atoms. The minimum atomic E-state index is -0.122. The van der Waals surface area contributed by atoms with Crippen LogP contribution in [0.5, 0.6) is 5.75 Å². The Labute approximate surface area is 173 Å². The molecule has 2 heterocycles. The highest BCUT2D eigenvalue weighted by atomic mass is 35.5. The Bertz CT molecular complexity index is 1060. The molecule has 2 N–H and O–H groups in total. The molecule has 2 amide bonds. The summed E-state index contributed by atoms with van der Waals surface area (Å²) in [7, 11) is 1.53. The average Bonchev–Trinajstić information content (AvgIpc) is 3.21. The van der Waals surface area contributed by atoms with Gasteiger partial charge < -0.3 is 19.9 Å². The first-order valence-electron chi connectivity index (χ1n) is 9.42. The maximum atomic E-state index is 12.9. The molecular weight excluding hydrogens is 392 g/mol. The average molecular weight is 413 g/mol. The third-order valence-electron chi connectivity index (χ3n) is 5.19. The molecule has 4 rings (SSSR count). The van der Waals surface area contributed by atoms with Crippen molar-refractivity contribution in [1.82, 2.24) is 20.2 Å². The molecule has 0 unspecified atom stereocenters. The molecule has 3 aromatic rings. The molecule has 2 aromatic carbocycles. The summed E-state index contributed by atoms with van der Waals surface area (Å²) in [5.74, 6) is 0.269. The monoisotopic (exact) mass is 412 g/mol. The molecule has 1 aliphatic rings. The van der Waals surface area contributed by atoms with Crippen molar-refractivity contribution in [3.63, 3.8) is 0 Å². The van der Waals surface area contributed by atoms with Gasteiger partial charge >= 0.3 is 0 Å². The van der Waals surface area contributed by atoms with E-state index in [2.05, 4.69) is 15.3 Å². The van der Waals surface area contributed by atoms with Gasteiger partial charge in [-0.15, -0.1) is 0 Å². The van der Waals surface area contributed by atoms with Crippen LogP contribution in [0, 0.1) is 0 Å². The Morgan fingerprint density at radius 1 is 1.21 bits per heavy atom. The van der Waals surface area contributed by atoms with E-state index in [4.69, 9.17) is 16.3 Å². The molecule has 1 aromatic heterocycles. The second kappa shape index (κ2) is 8.13. The largest absolute Gasteiger partial charge is 0.496 e. The summed E-state index contributed by atoms with van der Waals surface area (Å²) in [6.07, 6.45) is 2.98. The molecule has 1 saturated heterocycles. The van der Waals surface area contributed by atoms with E-state index in [1.807, 2.05) is 6.07 Å². The Morgan fingerprint density at radius 3 is 2.76 bits per heavy atom. The summed E-state index contributed by atoms with van der Waals surface area (Å²) < 4.78 is 5.29. The van der Waals surface area contributed by atoms with E-state index in [-0.39, 0.29) is 17.9 Å². The number of carbonyl (C=O) groups is 2. The lowest BCUT2D eigenvalue weighted by Gasteiger charge is -2.32. The molecule has 0 aliphatic carbocycles. The topological polar surface area (TPSA) is 87.3 Å². The van der Waals surface area contributed by atoms with Gasteiger partial charge in [-0.3, -0.25) is 9.59 Å². The molecule has 0 radical (unpaired) electrons. The van der Waals surface area contributed by atoms with Gasteiger partial charge in [-0.1, -0.05) is 11.6 Å². The lowest BCUT2D eigenvalue weighted by Crippen LogP contribution is -2.46. The highest BCUT2D eigenvalue weighted by Gasteiger charge is 2.26. The van der Waals surface area contributed by atoms with Gasteiger partial charge in [0, 0.05) is 29.7 Å². The van der Waals surface area contributed by atoms with Crippen LogP contribution in [0.2, 0.25) is 5.02 Å². The molecule has 1 fully saturated rings. The lowest BCUT2D eigenvalue weighted by molar-refractivity contribution is 0.0695. The van der Waals surface area contributed by atoms with E-state index in [0.29, 0.717) is 47.8 Å². The number of methoxy groups -OCH3 is 1. The zero-order chi connectivity index (χ0) is 20.4. The van der Waals surface area contributed by atoms with E-state index in [9.17, 15) is 9.59 Å². The number of hydrogen-bond donors (Lipinski definition) is 2. The molecule has 7 nitrogen and oxygen atoms in total. The van der Waals surface area contributed by atoms with Crippen molar-refractivity contribution >= 4 is 34.4 Å². The van der Waals surface area contributed by atoms with Crippen molar-refractivity contribution < 1.29 is 14.3 Å². The number of likely N-dealkylation sites (tertiary alicyclic amines) is 1. The quantitative estimate of drug-likeness (QED) is 0.688. The van der Waals surface area contributed by atoms with Crippen molar-refractivity contribution in [2.75, 3.05) is 20.2 Å². The van der Waals surface area contributed by atoms with Gasteiger partial charge in [0.15, 0.2) is 0 Å². The summed E-state index contributed by atoms with van der Waals surface area (Å²) in [6, 6.07) is 10.4. The molecule has 1 aliphatic heterocycles. The first-order chi connectivity index (χ1) is 14.0. The Balaban J connectivity index is 1.37. The Hall–Kier alpha value is -3.06. The molecular formula is C21H21ClN4O3. The number of amides is 2. The fourth-order valence-corrected chi connectivity index (χ4v) is 3.76. The summed E-state index contributed by atoms with van der Waals surface area (Å²) in [5, 5.41) is 3.56. The fourth-order valence-electron chi connectivity index (χ4n) is 3.59. The maximum absolute atomic E-state index is 12.9. The van der Waals surface area contributed by atoms with Crippen LogP contribution in [0.25, 0.3) is 11.0 Å². The van der Waals surface area contributed by atoms with Gasteiger partial charge in [-0.2, -0.15) is 0 Å². The number of benzene rings is 2. The van der Waals surface area contributed by atoms with Crippen molar-refractivity contribution in [2.24, 2.45) is 0 Å². The van der Waals surface area contributed by atoms with Crippen LogP contribution in [0.3, 0.4) is 0 Å². The van der Waals surface area contributed by atoms with Crippen LogP contribution >= 0.6 is 11.6 Å². The van der Waals surface area contributed by atoms with Gasteiger partial charge in [0.2, 0.25) is 0 Å². The Kier molecular flexibility index (Phi) is 5.40. The number of ether oxygens (including phenoxy) is 1. The van der Waals surface area contributed by atoms with Crippen LogP contribution in [0.1, 0.15) is 33.6 Å².